The van der Waals surface area contributed by atoms with E-state index < -0.39 is 5.97 Å². The molecule has 9 heteroatoms. The van der Waals surface area contributed by atoms with Crippen molar-refractivity contribution in [3.63, 3.8) is 0 Å². The fourth-order valence-electron chi connectivity index (χ4n) is 3.44. The monoisotopic (exact) mass is 427 g/mol. The van der Waals surface area contributed by atoms with E-state index in [4.69, 9.17) is 14.2 Å². The highest BCUT2D eigenvalue weighted by Gasteiger charge is 2.35. The summed E-state index contributed by atoms with van der Waals surface area (Å²) < 4.78 is 15.8. The molecule has 2 aromatic rings. The molecule has 0 bridgehead atoms. The summed E-state index contributed by atoms with van der Waals surface area (Å²) in [7, 11) is 6.14. The SMILES string of the molecule is COc1ccc(CN2CCc3c(C(=O)N(C)C)nc(OC(C)=O)c(OC)c3C2=O)cc1. The van der Waals surface area contributed by atoms with Gasteiger partial charge in [0.1, 0.15) is 11.4 Å². The fraction of sp³-hybridized carbons (Fsp3) is 0.364. The lowest BCUT2D eigenvalue weighted by atomic mass is 9.95. The van der Waals surface area contributed by atoms with Gasteiger partial charge in [-0.05, 0) is 24.1 Å². The van der Waals surface area contributed by atoms with Crippen LogP contribution in [0.4, 0.5) is 0 Å². The summed E-state index contributed by atoms with van der Waals surface area (Å²) in [6.45, 7) is 1.99. The van der Waals surface area contributed by atoms with E-state index in [2.05, 4.69) is 4.98 Å². The van der Waals surface area contributed by atoms with Crippen molar-refractivity contribution in [1.29, 1.82) is 0 Å². The van der Waals surface area contributed by atoms with Gasteiger partial charge in [-0.1, -0.05) is 12.1 Å². The Kier molecular flexibility index (Phi) is 6.43. The summed E-state index contributed by atoms with van der Waals surface area (Å²) in [5, 5.41) is 0. The minimum atomic E-state index is -0.632. The normalized spacial score (nSPS) is 12.8. The maximum atomic E-state index is 13.4. The Morgan fingerprint density at radius 2 is 1.81 bits per heavy atom. The molecular formula is C22H25N3O6. The first-order valence-electron chi connectivity index (χ1n) is 9.70. The number of pyridine rings is 1. The Balaban J connectivity index is 2.06. The second-order valence-electron chi connectivity index (χ2n) is 7.27. The molecule has 1 aliphatic rings. The molecule has 0 fully saturated rings. The van der Waals surface area contributed by atoms with E-state index in [9.17, 15) is 14.4 Å². The zero-order valence-electron chi connectivity index (χ0n) is 18.2. The van der Waals surface area contributed by atoms with Crippen LogP contribution in [0.25, 0.3) is 0 Å². The van der Waals surface area contributed by atoms with Crippen molar-refractivity contribution < 1.29 is 28.6 Å². The zero-order valence-corrected chi connectivity index (χ0v) is 18.2. The van der Waals surface area contributed by atoms with Gasteiger partial charge in [-0.2, -0.15) is 0 Å². The lowest BCUT2D eigenvalue weighted by Crippen LogP contribution is -2.39. The van der Waals surface area contributed by atoms with Crippen LogP contribution in [0.15, 0.2) is 24.3 Å². The van der Waals surface area contributed by atoms with Gasteiger partial charge in [0, 0.05) is 39.7 Å². The molecule has 1 aliphatic heterocycles. The lowest BCUT2D eigenvalue weighted by Gasteiger charge is -2.31. The number of fused-ring (bicyclic) bond motifs is 1. The van der Waals surface area contributed by atoms with Gasteiger partial charge in [0.2, 0.25) is 0 Å². The van der Waals surface area contributed by atoms with Crippen molar-refractivity contribution in [2.75, 3.05) is 34.9 Å². The number of amides is 2. The number of benzene rings is 1. The number of aromatic nitrogens is 1. The van der Waals surface area contributed by atoms with E-state index in [1.807, 2.05) is 24.3 Å². The number of hydrogen-bond acceptors (Lipinski definition) is 7. The Bertz CT molecular complexity index is 1020. The Morgan fingerprint density at radius 3 is 2.35 bits per heavy atom. The van der Waals surface area contributed by atoms with Gasteiger partial charge >= 0.3 is 5.97 Å². The van der Waals surface area contributed by atoms with Crippen LogP contribution in [0, 0.1) is 0 Å². The number of hydrogen-bond donors (Lipinski definition) is 0. The molecular weight excluding hydrogens is 402 g/mol. The van der Waals surface area contributed by atoms with Crippen molar-refractivity contribution in [2.24, 2.45) is 0 Å². The van der Waals surface area contributed by atoms with Gasteiger partial charge < -0.3 is 24.0 Å². The molecule has 0 saturated heterocycles. The predicted molar refractivity (Wildman–Crippen MR) is 112 cm³/mol. The molecule has 0 spiro atoms. The number of carbonyl (C=O) groups excluding carboxylic acids is 3. The van der Waals surface area contributed by atoms with Crippen molar-refractivity contribution in [1.82, 2.24) is 14.8 Å². The molecule has 0 radical (unpaired) electrons. The molecule has 164 valence electrons. The van der Waals surface area contributed by atoms with Crippen molar-refractivity contribution in [3.05, 3.63) is 46.6 Å². The average molecular weight is 427 g/mol. The number of nitrogens with zero attached hydrogens (tertiary/aromatic N) is 3. The third-order valence-corrected chi connectivity index (χ3v) is 4.94. The molecule has 0 saturated carbocycles. The highest BCUT2D eigenvalue weighted by molar-refractivity contribution is 6.04. The maximum Gasteiger partial charge on any atom is 0.309 e. The average Bonchev–Trinajstić information content (AvgIpc) is 2.74. The topological polar surface area (TPSA) is 98.3 Å². The summed E-state index contributed by atoms with van der Waals surface area (Å²) in [5.41, 5.74) is 1.69. The molecule has 0 unspecified atom stereocenters. The largest absolute Gasteiger partial charge is 0.497 e. The quantitative estimate of drug-likeness (QED) is 0.650. The molecule has 2 heterocycles. The Hall–Kier alpha value is -3.62. The highest BCUT2D eigenvalue weighted by Crippen LogP contribution is 2.37. The first-order valence-corrected chi connectivity index (χ1v) is 9.70. The first-order chi connectivity index (χ1) is 14.8. The van der Waals surface area contributed by atoms with E-state index in [1.165, 1.54) is 18.9 Å². The van der Waals surface area contributed by atoms with Gasteiger partial charge in [0.15, 0.2) is 5.75 Å². The third kappa shape index (κ3) is 4.45. The minimum Gasteiger partial charge on any atom is -0.497 e. The first kappa shape index (κ1) is 22.1. The van der Waals surface area contributed by atoms with Crippen LogP contribution in [0.1, 0.15) is 38.9 Å². The molecule has 0 N–H and O–H groups in total. The third-order valence-electron chi connectivity index (χ3n) is 4.94. The molecule has 9 nitrogen and oxygen atoms in total. The molecule has 2 amide bonds. The van der Waals surface area contributed by atoms with Crippen LogP contribution >= 0.6 is 0 Å². The summed E-state index contributed by atoms with van der Waals surface area (Å²) in [4.78, 5) is 45.0. The smallest absolute Gasteiger partial charge is 0.309 e. The van der Waals surface area contributed by atoms with Crippen LogP contribution in [-0.4, -0.2) is 67.4 Å². The van der Waals surface area contributed by atoms with E-state index in [1.54, 1.807) is 26.1 Å². The molecule has 3 rings (SSSR count). The van der Waals surface area contributed by atoms with Crippen LogP contribution < -0.4 is 14.2 Å². The summed E-state index contributed by atoms with van der Waals surface area (Å²) in [6, 6.07) is 7.43. The zero-order chi connectivity index (χ0) is 22.7. The molecule has 0 aliphatic carbocycles. The molecule has 31 heavy (non-hydrogen) atoms. The summed E-state index contributed by atoms with van der Waals surface area (Å²) in [6.07, 6.45) is 0.413. The van der Waals surface area contributed by atoms with Gasteiger partial charge in [-0.3, -0.25) is 14.4 Å². The Morgan fingerprint density at radius 1 is 1.13 bits per heavy atom. The molecule has 1 aromatic heterocycles. The van der Waals surface area contributed by atoms with Crippen LogP contribution in [0.3, 0.4) is 0 Å². The second-order valence-corrected chi connectivity index (χ2v) is 7.27. The minimum absolute atomic E-state index is 0.0462. The summed E-state index contributed by atoms with van der Waals surface area (Å²) >= 11 is 0. The lowest BCUT2D eigenvalue weighted by molar-refractivity contribution is -0.132. The highest BCUT2D eigenvalue weighted by atomic mass is 16.6. The van der Waals surface area contributed by atoms with Gasteiger partial charge in [0.25, 0.3) is 17.7 Å². The van der Waals surface area contributed by atoms with Crippen molar-refractivity contribution in [3.8, 4) is 17.4 Å². The van der Waals surface area contributed by atoms with Gasteiger partial charge in [-0.25, -0.2) is 4.98 Å². The number of methoxy groups -OCH3 is 2. The second kappa shape index (κ2) is 9.03. The maximum absolute atomic E-state index is 13.4. The van der Waals surface area contributed by atoms with E-state index in [-0.39, 0.29) is 34.7 Å². The van der Waals surface area contributed by atoms with Crippen LogP contribution in [0.5, 0.6) is 17.4 Å². The number of esters is 1. The van der Waals surface area contributed by atoms with Gasteiger partial charge in [-0.15, -0.1) is 0 Å². The van der Waals surface area contributed by atoms with E-state index in [0.29, 0.717) is 25.1 Å². The van der Waals surface area contributed by atoms with E-state index in [0.717, 1.165) is 11.3 Å². The Labute approximate surface area is 180 Å². The number of carbonyl (C=O) groups is 3. The van der Waals surface area contributed by atoms with Crippen molar-refractivity contribution >= 4 is 17.8 Å². The summed E-state index contributed by atoms with van der Waals surface area (Å²) in [5.74, 6) is -0.762. The predicted octanol–water partition coefficient (Wildman–Crippen LogP) is 1.92. The van der Waals surface area contributed by atoms with Crippen LogP contribution in [-0.2, 0) is 17.8 Å². The van der Waals surface area contributed by atoms with Crippen LogP contribution in [0.2, 0.25) is 0 Å². The molecule has 0 atom stereocenters. The van der Waals surface area contributed by atoms with E-state index >= 15 is 0 Å². The van der Waals surface area contributed by atoms with Crippen molar-refractivity contribution in [2.45, 2.75) is 19.9 Å². The van der Waals surface area contributed by atoms with Gasteiger partial charge in [0.05, 0.1) is 19.8 Å². The molecule has 1 aromatic carbocycles. The number of rotatable bonds is 6. The standard InChI is InChI=1S/C22H25N3O6/c1-13(26)31-20-19(30-5)17-16(18(23-20)22(28)24(2)3)10-11-25(21(17)27)12-14-6-8-15(29-4)9-7-14/h6-9H,10-12H2,1-5H3. The fourth-order valence-corrected chi connectivity index (χ4v) is 3.44. The number of ether oxygens (including phenoxy) is 3.